The Bertz CT molecular complexity index is 924. The molecule has 2 aliphatic heterocycles. The van der Waals surface area contributed by atoms with Gasteiger partial charge < -0.3 is 15.1 Å². The number of amides is 3. The van der Waals surface area contributed by atoms with Crippen molar-refractivity contribution in [1.82, 2.24) is 9.80 Å². The first-order valence-corrected chi connectivity index (χ1v) is 11.6. The van der Waals surface area contributed by atoms with Gasteiger partial charge >= 0.3 is 0 Å². The van der Waals surface area contributed by atoms with E-state index in [-0.39, 0.29) is 29.6 Å². The monoisotopic (exact) mass is 433 g/mol. The average molecular weight is 434 g/mol. The first kappa shape index (κ1) is 22.1. The molecule has 2 aliphatic rings. The van der Waals surface area contributed by atoms with Crippen molar-refractivity contribution < 1.29 is 14.4 Å². The normalized spacial score (nSPS) is 19.4. The van der Waals surface area contributed by atoms with Gasteiger partial charge in [-0.15, -0.1) is 0 Å². The average Bonchev–Trinajstić information content (AvgIpc) is 2.85. The Balaban J connectivity index is 1.26. The molecule has 4 rings (SSSR count). The summed E-state index contributed by atoms with van der Waals surface area (Å²) in [6.07, 6.45) is 3.40. The molecule has 6 nitrogen and oxygen atoms in total. The number of hydrogen-bond donors (Lipinski definition) is 1. The zero-order valence-electron chi connectivity index (χ0n) is 18.4. The van der Waals surface area contributed by atoms with Crippen molar-refractivity contribution >= 4 is 23.4 Å². The van der Waals surface area contributed by atoms with Gasteiger partial charge in [0.1, 0.15) is 0 Å². The van der Waals surface area contributed by atoms with Crippen LogP contribution in [0.25, 0.3) is 0 Å². The fraction of sp³-hybridized carbons (Fsp3) is 0.423. The van der Waals surface area contributed by atoms with E-state index in [4.69, 9.17) is 0 Å². The van der Waals surface area contributed by atoms with Crippen LogP contribution in [0.2, 0.25) is 0 Å². The number of hydrogen-bond acceptors (Lipinski definition) is 3. The number of rotatable bonds is 5. The molecular formula is C26H31N3O3. The third-order valence-corrected chi connectivity index (χ3v) is 6.54. The van der Waals surface area contributed by atoms with Crippen LogP contribution in [0.5, 0.6) is 0 Å². The second-order valence-corrected chi connectivity index (χ2v) is 8.80. The lowest BCUT2D eigenvalue weighted by Gasteiger charge is -2.37. The summed E-state index contributed by atoms with van der Waals surface area (Å²) in [5, 5.41) is 2.97. The minimum absolute atomic E-state index is 0.0265. The van der Waals surface area contributed by atoms with Gasteiger partial charge in [-0.1, -0.05) is 48.5 Å². The van der Waals surface area contributed by atoms with Gasteiger partial charge in [0.15, 0.2) is 0 Å². The molecule has 1 atom stereocenters. The smallest absolute Gasteiger partial charge is 0.227 e. The van der Waals surface area contributed by atoms with E-state index in [2.05, 4.69) is 5.32 Å². The van der Waals surface area contributed by atoms with Crippen molar-refractivity contribution in [3.63, 3.8) is 0 Å². The fourth-order valence-corrected chi connectivity index (χ4v) is 4.67. The molecule has 0 aromatic heterocycles. The number of carbonyl (C=O) groups is 3. The zero-order chi connectivity index (χ0) is 22.3. The SMILES string of the molecule is O=C(Nc1ccccc1)C1CCN(C(=O)C2CCCN(C(=O)Cc3ccccc3)C2)CC1. The molecule has 2 fully saturated rings. The third kappa shape index (κ3) is 5.55. The predicted octanol–water partition coefficient (Wildman–Crippen LogP) is 3.35. The first-order chi connectivity index (χ1) is 15.6. The van der Waals surface area contributed by atoms with Crippen LogP contribution in [0.1, 0.15) is 31.2 Å². The lowest BCUT2D eigenvalue weighted by molar-refractivity contribution is -0.142. The molecule has 2 aromatic rings. The zero-order valence-corrected chi connectivity index (χ0v) is 18.4. The van der Waals surface area contributed by atoms with Crippen LogP contribution < -0.4 is 5.32 Å². The molecule has 0 spiro atoms. The van der Waals surface area contributed by atoms with E-state index in [9.17, 15) is 14.4 Å². The van der Waals surface area contributed by atoms with Gasteiger partial charge in [-0.25, -0.2) is 0 Å². The van der Waals surface area contributed by atoms with Gasteiger partial charge in [0.05, 0.1) is 12.3 Å². The lowest BCUT2D eigenvalue weighted by atomic mass is 9.92. The molecule has 0 saturated carbocycles. The van der Waals surface area contributed by atoms with Crippen molar-refractivity contribution in [2.45, 2.75) is 32.1 Å². The Kier molecular flexibility index (Phi) is 7.20. The van der Waals surface area contributed by atoms with E-state index in [0.29, 0.717) is 38.9 Å². The van der Waals surface area contributed by atoms with E-state index < -0.39 is 0 Å². The number of benzene rings is 2. The molecule has 168 valence electrons. The highest BCUT2D eigenvalue weighted by atomic mass is 16.2. The summed E-state index contributed by atoms with van der Waals surface area (Å²) in [6, 6.07) is 19.2. The van der Waals surface area contributed by atoms with Gasteiger partial charge in [0.2, 0.25) is 17.7 Å². The number of para-hydroxylation sites is 1. The number of nitrogens with zero attached hydrogens (tertiary/aromatic N) is 2. The molecule has 2 heterocycles. The van der Waals surface area contributed by atoms with Crippen LogP contribution in [0.4, 0.5) is 5.69 Å². The molecule has 1 N–H and O–H groups in total. The number of anilines is 1. The molecule has 2 saturated heterocycles. The minimum Gasteiger partial charge on any atom is -0.342 e. The molecule has 3 amide bonds. The highest BCUT2D eigenvalue weighted by Gasteiger charge is 2.34. The third-order valence-electron chi connectivity index (χ3n) is 6.54. The first-order valence-electron chi connectivity index (χ1n) is 11.6. The van der Waals surface area contributed by atoms with E-state index in [1.807, 2.05) is 70.5 Å². The van der Waals surface area contributed by atoms with Crippen LogP contribution >= 0.6 is 0 Å². The predicted molar refractivity (Wildman–Crippen MR) is 124 cm³/mol. The van der Waals surface area contributed by atoms with Gasteiger partial charge in [-0.2, -0.15) is 0 Å². The van der Waals surface area contributed by atoms with E-state index in [1.165, 1.54) is 0 Å². The fourth-order valence-electron chi connectivity index (χ4n) is 4.67. The van der Waals surface area contributed by atoms with Crippen molar-refractivity contribution in [1.29, 1.82) is 0 Å². The van der Waals surface area contributed by atoms with Gasteiger partial charge in [0, 0.05) is 37.8 Å². The Labute approximate surface area is 189 Å². The van der Waals surface area contributed by atoms with Crippen molar-refractivity contribution in [3.8, 4) is 0 Å². The standard InChI is InChI=1S/C26H31N3O3/c30-24(18-20-8-3-1-4-9-20)29-15-7-10-22(19-29)26(32)28-16-13-21(14-17-28)25(31)27-23-11-5-2-6-12-23/h1-6,8-9,11-12,21-22H,7,10,13-19H2,(H,27,31). The summed E-state index contributed by atoms with van der Waals surface area (Å²) in [4.78, 5) is 42.2. The molecule has 2 aromatic carbocycles. The van der Waals surface area contributed by atoms with Crippen molar-refractivity contribution in [3.05, 3.63) is 66.2 Å². The van der Waals surface area contributed by atoms with Gasteiger partial charge in [-0.05, 0) is 43.4 Å². The second-order valence-electron chi connectivity index (χ2n) is 8.80. The molecular weight excluding hydrogens is 402 g/mol. The highest BCUT2D eigenvalue weighted by Crippen LogP contribution is 2.24. The Hall–Kier alpha value is -3.15. The number of piperidine rings is 2. The molecule has 32 heavy (non-hydrogen) atoms. The van der Waals surface area contributed by atoms with E-state index in [0.717, 1.165) is 30.6 Å². The van der Waals surface area contributed by atoms with Crippen molar-refractivity contribution in [2.75, 3.05) is 31.5 Å². The summed E-state index contributed by atoms with van der Waals surface area (Å²) in [5.41, 5.74) is 1.81. The maximum absolute atomic E-state index is 13.1. The molecule has 0 bridgehead atoms. The highest BCUT2D eigenvalue weighted by molar-refractivity contribution is 5.92. The molecule has 6 heteroatoms. The maximum Gasteiger partial charge on any atom is 0.227 e. The lowest BCUT2D eigenvalue weighted by Crippen LogP contribution is -2.49. The summed E-state index contributed by atoms with van der Waals surface area (Å²) in [5.74, 6) is 0.0282. The van der Waals surface area contributed by atoms with Crippen LogP contribution in [-0.4, -0.2) is 53.7 Å². The Morgan fingerprint density at radius 3 is 2.12 bits per heavy atom. The largest absolute Gasteiger partial charge is 0.342 e. The van der Waals surface area contributed by atoms with Crippen LogP contribution in [0.15, 0.2) is 60.7 Å². The summed E-state index contributed by atoms with van der Waals surface area (Å²) >= 11 is 0. The van der Waals surface area contributed by atoms with E-state index in [1.54, 1.807) is 0 Å². The number of likely N-dealkylation sites (tertiary alicyclic amines) is 2. The summed E-state index contributed by atoms with van der Waals surface area (Å²) in [7, 11) is 0. The Morgan fingerprint density at radius 2 is 1.44 bits per heavy atom. The van der Waals surface area contributed by atoms with Crippen LogP contribution in [0, 0.1) is 11.8 Å². The van der Waals surface area contributed by atoms with Gasteiger partial charge in [-0.3, -0.25) is 14.4 Å². The Morgan fingerprint density at radius 1 is 0.781 bits per heavy atom. The molecule has 1 unspecified atom stereocenters. The molecule has 0 aliphatic carbocycles. The maximum atomic E-state index is 13.1. The minimum atomic E-state index is -0.141. The molecule has 0 radical (unpaired) electrons. The quantitative estimate of drug-likeness (QED) is 0.786. The number of nitrogens with one attached hydrogen (secondary N) is 1. The number of carbonyl (C=O) groups excluding carboxylic acids is 3. The van der Waals surface area contributed by atoms with Crippen LogP contribution in [0.3, 0.4) is 0 Å². The van der Waals surface area contributed by atoms with E-state index >= 15 is 0 Å². The summed E-state index contributed by atoms with van der Waals surface area (Å²) < 4.78 is 0. The van der Waals surface area contributed by atoms with Crippen LogP contribution in [-0.2, 0) is 20.8 Å². The van der Waals surface area contributed by atoms with Gasteiger partial charge in [0.25, 0.3) is 0 Å². The topological polar surface area (TPSA) is 69.7 Å². The van der Waals surface area contributed by atoms with Crippen molar-refractivity contribution in [2.24, 2.45) is 11.8 Å². The summed E-state index contributed by atoms with van der Waals surface area (Å²) in [6.45, 7) is 2.41. The second kappa shape index (κ2) is 10.4.